The van der Waals surface area contributed by atoms with Gasteiger partial charge in [-0.3, -0.25) is 19.6 Å². The van der Waals surface area contributed by atoms with Gasteiger partial charge in [0.2, 0.25) is 5.91 Å². The van der Waals surface area contributed by atoms with Gasteiger partial charge in [-0.1, -0.05) is 6.42 Å². The molecule has 10 nitrogen and oxygen atoms in total. The largest absolute Gasteiger partial charge is 0.444 e. The maximum Gasteiger partial charge on any atom is 0.410 e. The number of rotatable bonds is 6. The first-order chi connectivity index (χ1) is 18.5. The number of carbonyl (C=O) groups is 3. The molecule has 2 aliphatic heterocycles. The van der Waals surface area contributed by atoms with Crippen LogP contribution in [0.1, 0.15) is 74.6 Å². The number of nitrogens with zero attached hydrogens (tertiary/aromatic N) is 4. The quantitative estimate of drug-likeness (QED) is 0.569. The lowest BCUT2D eigenvalue weighted by atomic mass is 10.0. The number of hydrogen-bond acceptors (Lipinski definition) is 7. The molecule has 4 heterocycles. The van der Waals surface area contributed by atoms with Crippen molar-refractivity contribution in [3.8, 4) is 0 Å². The lowest BCUT2D eigenvalue weighted by Gasteiger charge is -2.36. The number of hydrogen-bond donors (Lipinski definition) is 2. The van der Waals surface area contributed by atoms with Crippen molar-refractivity contribution in [2.75, 3.05) is 29.9 Å². The number of likely N-dealkylation sites (tertiary alicyclic amines) is 1. The summed E-state index contributed by atoms with van der Waals surface area (Å²) in [6.45, 7) is 6.17. The zero-order valence-electron chi connectivity index (χ0n) is 22.8. The van der Waals surface area contributed by atoms with Crippen molar-refractivity contribution < 1.29 is 23.5 Å². The van der Waals surface area contributed by atoms with E-state index >= 15 is 4.39 Å². The van der Waals surface area contributed by atoms with E-state index in [2.05, 4.69) is 15.3 Å². The molecular weight excluding hydrogens is 503 g/mol. The van der Waals surface area contributed by atoms with Gasteiger partial charge in [-0.15, -0.1) is 0 Å². The summed E-state index contributed by atoms with van der Waals surface area (Å²) in [5.41, 5.74) is 7.57. The van der Waals surface area contributed by atoms with Crippen LogP contribution in [-0.2, 0) is 16.0 Å². The van der Waals surface area contributed by atoms with Gasteiger partial charge >= 0.3 is 6.09 Å². The molecule has 0 aliphatic carbocycles. The molecule has 3 amide bonds. The van der Waals surface area contributed by atoms with Crippen molar-refractivity contribution in [1.29, 1.82) is 0 Å². The molecule has 3 N–H and O–H groups in total. The van der Waals surface area contributed by atoms with E-state index in [1.807, 2.05) is 12.1 Å². The topological polar surface area (TPSA) is 131 Å². The molecule has 0 radical (unpaired) electrons. The summed E-state index contributed by atoms with van der Waals surface area (Å²) < 4.78 is 20.5. The van der Waals surface area contributed by atoms with Crippen molar-refractivity contribution in [2.24, 2.45) is 5.73 Å². The smallest absolute Gasteiger partial charge is 0.410 e. The third-order valence-corrected chi connectivity index (χ3v) is 6.82. The van der Waals surface area contributed by atoms with Crippen molar-refractivity contribution in [3.63, 3.8) is 0 Å². The van der Waals surface area contributed by atoms with Gasteiger partial charge in [0, 0.05) is 43.5 Å². The van der Waals surface area contributed by atoms with Gasteiger partial charge in [0.15, 0.2) is 0 Å². The summed E-state index contributed by atoms with van der Waals surface area (Å²) in [5.74, 6) is -0.563. The molecule has 2 fully saturated rings. The molecule has 2 aliphatic rings. The predicted octanol–water partition coefficient (Wildman–Crippen LogP) is 3.83. The fourth-order valence-electron chi connectivity index (χ4n) is 4.79. The first kappa shape index (κ1) is 28.3. The van der Waals surface area contributed by atoms with E-state index in [1.165, 1.54) is 11.1 Å². The molecule has 2 aromatic heterocycles. The summed E-state index contributed by atoms with van der Waals surface area (Å²) in [7, 11) is 0. The number of nitrogens with two attached hydrogens (primary N) is 1. The summed E-state index contributed by atoms with van der Waals surface area (Å²) in [5, 5.41) is 3.12. The maximum atomic E-state index is 15.1. The molecule has 4 rings (SSSR count). The van der Waals surface area contributed by atoms with Crippen molar-refractivity contribution >= 4 is 29.3 Å². The molecule has 2 atom stereocenters. The van der Waals surface area contributed by atoms with E-state index in [1.54, 1.807) is 37.9 Å². The number of carbonyl (C=O) groups excluding carboxylic acids is 3. The number of pyridine rings is 2. The van der Waals surface area contributed by atoms with Gasteiger partial charge in [0.25, 0.3) is 5.91 Å². The van der Waals surface area contributed by atoms with Gasteiger partial charge in [0.05, 0.1) is 35.7 Å². The van der Waals surface area contributed by atoms with Crippen LogP contribution in [-0.4, -0.2) is 70.2 Å². The van der Waals surface area contributed by atoms with E-state index in [0.29, 0.717) is 43.7 Å². The minimum absolute atomic E-state index is 0.115. The Morgan fingerprint density at radius 1 is 1.13 bits per heavy atom. The van der Waals surface area contributed by atoms with Crippen LogP contribution in [0.3, 0.4) is 0 Å². The Bertz CT molecular complexity index is 1200. The standard InChI is InChI=1S/C28H37FN6O4/c1-28(2,3)39-27(38)34-12-10-23(22(29)17-34)33-24-14-19(32-16-21(24)26(30)37)13-18-8-9-20(15-31-18)35-11-6-4-5-7-25(35)36/h8-9,14-16,22-23H,4-7,10-13,17H2,1-3H3,(H2,30,37)(H,32,33)/t22-,23+/m0/s1. The van der Waals surface area contributed by atoms with Crippen LogP contribution in [0.25, 0.3) is 0 Å². The minimum Gasteiger partial charge on any atom is -0.444 e. The average Bonchev–Trinajstić information content (AvgIpc) is 3.09. The minimum atomic E-state index is -1.38. The van der Waals surface area contributed by atoms with E-state index in [-0.39, 0.29) is 18.0 Å². The number of anilines is 2. The van der Waals surface area contributed by atoms with Crippen LogP contribution in [0.2, 0.25) is 0 Å². The molecular formula is C28H37FN6O4. The number of ether oxygens (including phenoxy) is 1. The summed E-state index contributed by atoms with van der Waals surface area (Å²) in [4.78, 5) is 48.8. The number of primary amides is 1. The zero-order chi connectivity index (χ0) is 28.2. The Hall–Kier alpha value is -3.76. The Morgan fingerprint density at radius 2 is 1.90 bits per heavy atom. The van der Waals surface area contributed by atoms with Crippen LogP contribution in [0, 0.1) is 0 Å². The highest BCUT2D eigenvalue weighted by Gasteiger charge is 2.34. The normalized spacial score (nSPS) is 20.4. The zero-order valence-corrected chi connectivity index (χ0v) is 22.8. The lowest BCUT2D eigenvalue weighted by Crippen LogP contribution is -2.51. The van der Waals surface area contributed by atoms with Crippen LogP contribution in [0.4, 0.5) is 20.6 Å². The molecule has 2 saturated heterocycles. The van der Waals surface area contributed by atoms with Crippen LogP contribution >= 0.6 is 0 Å². The van der Waals surface area contributed by atoms with E-state index in [4.69, 9.17) is 10.5 Å². The lowest BCUT2D eigenvalue weighted by molar-refractivity contribution is -0.118. The van der Waals surface area contributed by atoms with E-state index in [9.17, 15) is 14.4 Å². The molecule has 11 heteroatoms. The molecule has 0 spiro atoms. The molecule has 0 bridgehead atoms. The highest BCUT2D eigenvalue weighted by molar-refractivity contribution is 5.98. The second kappa shape index (κ2) is 12.0. The Morgan fingerprint density at radius 3 is 2.56 bits per heavy atom. The molecule has 0 saturated carbocycles. The van der Waals surface area contributed by atoms with E-state index in [0.717, 1.165) is 30.6 Å². The molecule has 210 valence electrons. The predicted molar refractivity (Wildman–Crippen MR) is 145 cm³/mol. The number of amides is 3. The monoisotopic (exact) mass is 540 g/mol. The average molecular weight is 541 g/mol. The van der Waals surface area contributed by atoms with Gasteiger partial charge in [-0.2, -0.15) is 0 Å². The maximum absolute atomic E-state index is 15.1. The van der Waals surface area contributed by atoms with Crippen molar-refractivity contribution in [2.45, 2.75) is 77.1 Å². The second-order valence-electron chi connectivity index (χ2n) is 11.1. The van der Waals surface area contributed by atoms with Gasteiger partial charge in [-0.05, 0) is 58.2 Å². The summed E-state index contributed by atoms with van der Waals surface area (Å²) >= 11 is 0. The van der Waals surface area contributed by atoms with Gasteiger partial charge in [-0.25, -0.2) is 9.18 Å². The summed E-state index contributed by atoms with van der Waals surface area (Å²) in [6, 6.07) is 4.80. The third kappa shape index (κ3) is 7.42. The summed E-state index contributed by atoms with van der Waals surface area (Å²) in [6.07, 6.45) is 5.33. The Labute approximate surface area is 228 Å². The van der Waals surface area contributed by atoms with Crippen LogP contribution in [0.5, 0.6) is 0 Å². The number of alkyl halides is 1. The number of piperidine rings is 1. The fraction of sp³-hybridized carbons (Fsp3) is 0.536. The Balaban J connectivity index is 1.44. The number of nitrogens with one attached hydrogen (secondary N) is 1. The van der Waals surface area contributed by atoms with Gasteiger partial charge in [0.1, 0.15) is 11.8 Å². The van der Waals surface area contributed by atoms with Gasteiger partial charge < -0.3 is 25.6 Å². The first-order valence-corrected chi connectivity index (χ1v) is 13.4. The van der Waals surface area contributed by atoms with Crippen LogP contribution in [0.15, 0.2) is 30.6 Å². The highest BCUT2D eigenvalue weighted by atomic mass is 19.1. The van der Waals surface area contributed by atoms with Crippen molar-refractivity contribution in [3.05, 3.63) is 47.5 Å². The number of halogens is 1. The number of aromatic nitrogens is 2. The molecule has 0 unspecified atom stereocenters. The molecule has 39 heavy (non-hydrogen) atoms. The molecule has 0 aromatic carbocycles. The SMILES string of the molecule is CC(C)(C)OC(=O)N1CC[C@@H](Nc2cc(Cc3ccc(N4CCCCCC4=O)cn3)ncc2C(N)=O)[C@@H](F)C1. The Kier molecular flexibility index (Phi) is 8.66. The highest BCUT2D eigenvalue weighted by Crippen LogP contribution is 2.25. The molecule has 2 aromatic rings. The van der Waals surface area contributed by atoms with Crippen molar-refractivity contribution in [1.82, 2.24) is 14.9 Å². The fourth-order valence-corrected chi connectivity index (χ4v) is 4.79. The third-order valence-electron chi connectivity index (χ3n) is 6.82. The van der Waals surface area contributed by atoms with Crippen LogP contribution < -0.4 is 16.0 Å². The first-order valence-electron chi connectivity index (χ1n) is 13.4. The second-order valence-corrected chi connectivity index (χ2v) is 11.1. The van der Waals surface area contributed by atoms with E-state index < -0.39 is 29.8 Å².